The fraction of sp³-hybridized carbons (Fsp3) is 0.303. The van der Waals surface area contributed by atoms with Crippen LogP contribution >= 0.6 is 0 Å². The molecule has 1 fully saturated rings. The van der Waals surface area contributed by atoms with Crippen molar-refractivity contribution >= 4 is 34.7 Å². The summed E-state index contributed by atoms with van der Waals surface area (Å²) >= 11 is 0. The molecule has 0 bridgehead atoms. The molecule has 228 valence electrons. The second kappa shape index (κ2) is 12.3. The third-order valence-electron chi connectivity index (χ3n) is 7.57. The van der Waals surface area contributed by atoms with Crippen LogP contribution in [0.15, 0.2) is 65.7 Å². The van der Waals surface area contributed by atoms with E-state index in [4.69, 9.17) is 10.5 Å². The van der Waals surface area contributed by atoms with Gasteiger partial charge < -0.3 is 30.6 Å². The Labute approximate surface area is 256 Å². The third-order valence-corrected chi connectivity index (χ3v) is 7.57. The Morgan fingerprint density at radius 1 is 1.05 bits per heavy atom. The monoisotopic (exact) mass is 595 g/mol. The molecular weight excluding hydrogens is 558 g/mol. The van der Waals surface area contributed by atoms with Crippen LogP contribution in [0.25, 0.3) is 11.3 Å². The Balaban J connectivity index is 1.38. The first-order valence-corrected chi connectivity index (χ1v) is 14.4. The summed E-state index contributed by atoms with van der Waals surface area (Å²) in [7, 11) is 1.65. The Morgan fingerprint density at radius 2 is 1.80 bits per heavy atom. The number of carbonyl (C=O) groups excluding carboxylic acids is 2. The lowest BCUT2D eigenvalue weighted by atomic mass is 9.91. The summed E-state index contributed by atoms with van der Waals surface area (Å²) in [5.74, 6) is -0.341. The number of nitrogen functional groups attached to an aromatic ring is 1. The number of morpholine rings is 1. The molecular formula is C33H37N7O4. The minimum atomic E-state index is -0.339. The molecule has 0 aliphatic carbocycles. The second-order valence-electron chi connectivity index (χ2n) is 11.8. The fourth-order valence-corrected chi connectivity index (χ4v) is 4.94. The van der Waals surface area contributed by atoms with Crippen molar-refractivity contribution in [2.24, 2.45) is 7.05 Å². The van der Waals surface area contributed by atoms with E-state index in [-0.39, 0.29) is 28.6 Å². The Morgan fingerprint density at radius 3 is 2.45 bits per heavy atom. The average Bonchev–Trinajstić information content (AvgIpc) is 3.00. The number of benzene rings is 2. The predicted octanol–water partition coefficient (Wildman–Crippen LogP) is 4.50. The molecule has 0 unspecified atom stereocenters. The number of hydrogen-bond donors (Lipinski definition) is 3. The van der Waals surface area contributed by atoms with Crippen molar-refractivity contribution in [2.75, 3.05) is 42.7 Å². The van der Waals surface area contributed by atoms with Gasteiger partial charge in [0, 0.05) is 66.3 Å². The van der Waals surface area contributed by atoms with Gasteiger partial charge in [-0.05, 0) is 48.9 Å². The molecule has 0 radical (unpaired) electrons. The van der Waals surface area contributed by atoms with Gasteiger partial charge in [0.1, 0.15) is 0 Å². The highest BCUT2D eigenvalue weighted by atomic mass is 16.5. The van der Waals surface area contributed by atoms with Crippen molar-refractivity contribution in [3.63, 3.8) is 0 Å². The first kappa shape index (κ1) is 30.4. The van der Waals surface area contributed by atoms with Crippen molar-refractivity contribution in [1.82, 2.24) is 19.4 Å². The van der Waals surface area contributed by atoms with Crippen LogP contribution in [0, 0.1) is 6.92 Å². The number of rotatable bonds is 6. The van der Waals surface area contributed by atoms with Crippen LogP contribution in [-0.4, -0.2) is 57.6 Å². The Hall–Kier alpha value is -5.03. The van der Waals surface area contributed by atoms with E-state index in [9.17, 15) is 14.4 Å². The summed E-state index contributed by atoms with van der Waals surface area (Å²) in [6, 6.07) is 14.1. The number of nitrogens with two attached hydrogens (primary N) is 1. The second-order valence-corrected chi connectivity index (χ2v) is 11.8. The molecule has 11 heteroatoms. The van der Waals surface area contributed by atoms with E-state index in [1.165, 1.54) is 4.57 Å². The maximum atomic E-state index is 13.1. The third kappa shape index (κ3) is 6.47. The quantitative estimate of drug-likeness (QED) is 0.277. The molecule has 1 aliphatic heterocycles. The first-order chi connectivity index (χ1) is 20.9. The van der Waals surface area contributed by atoms with Crippen LogP contribution in [0.4, 0.5) is 22.9 Å². The lowest BCUT2D eigenvalue weighted by Crippen LogP contribution is -2.40. The minimum absolute atomic E-state index is 0.0931. The fourth-order valence-electron chi connectivity index (χ4n) is 4.94. The first-order valence-electron chi connectivity index (χ1n) is 14.4. The van der Waals surface area contributed by atoms with Crippen LogP contribution in [0.2, 0.25) is 0 Å². The number of aryl methyl sites for hydroxylation is 1. The molecule has 11 nitrogen and oxygen atoms in total. The summed E-state index contributed by atoms with van der Waals surface area (Å²) in [5, 5.41) is 6.04. The lowest BCUT2D eigenvalue weighted by molar-refractivity contribution is 0.0303. The molecule has 1 aliphatic rings. The zero-order chi connectivity index (χ0) is 31.6. The molecule has 4 N–H and O–H groups in total. The number of carbonyl (C=O) groups is 2. The number of pyridine rings is 1. The van der Waals surface area contributed by atoms with Gasteiger partial charge in [0.05, 0.1) is 30.0 Å². The van der Waals surface area contributed by atoms with Crippen LogP contribution < -0.4 is 21.9 Å². The maximum Gasteiger partial charge on any atom is 0.293 e. The summed E-state index contributed by atoms with van der Waals surface area (Å²) in [4.78, 5) is 49.8. The molecule has 2 amide bonds. The number of nitrogens with zero attached hydrogens (tertiary/aromatic N) is 4. The summed E-state index contributed by atoms with van der Waals surface area (Å²) < 4.78 is 6.77. The largest absolute Gasteiger partial charge is 0.398 e. The van der Waals surface area contributed by atoms with Crippen molar-refractivity contribution < 1.29 is 14.3 Å². The molecule has 0 atom stereocenters. The smallest absolute Gasteiger partial charge is 0.293 e. The summed E-state index contributed by atoms with van der Waals surface area (Å²) in [6.07, 6.45) is 3.23. The summed E-state index contributed by atoms with van der Waals surface area (Å²) in [6.45, 7) is 10.1. The van der Waals surface area contributed by atoms with Gasteiger partial charge in [-0.1, -0.05) is 32.9 Å². The van der Waals surface area contributed by atoms with Gasteiger partial charge in [0.25, 0.3) is 17.4 Å². The van der Waals surface area contributed by atoms with Gasteiger partial charge in [-0.15, -0.1) is 0 Å². The number of aromatic nitrogens is 3. The van der Waals surface area contributed by atoms with E-state index in [1.54, 1.807) is 48.6 Å². The molecule has 4 aromatic rings. The SMILES string of the molecule is Cc1c(NC(=O)c2ccc(C(C)(C)C)nc2)cccc1-c1cn(C)c(=O)c(Nc2ccc(C(=O)N3CCOCC3)c(N)c2)n1. The van der Waals surface area contributed by atoms with Crippen molar-refractivity contribution in [3.05, 3.63) is 93.7 Å². The maximum absolute atomic E-state index is 13.1. The molecule has 0 spiro atoms. The van der Waals surface area contributed by atoms with E-state index < -0.39 is 0 Å². The van der Waals surface area contributed by atoms with E-state index in [0.29, 0.717) is 60.2 Å². The van der Waals surface area contributed by atoms with Crippen molar-refractivity contribution in [1.29, 1.82) is 0 Å². The minimum Gasteiger partial charge on any atom is -0.398 e. The van der Waals surface area contributed by atoms with E-state index >= 15 is 0 Å². The lowest BCUT2D eigenvalue weighted by Gasteiger charge is -2.27. The average molecular weight is 596 g/mol. The van der Waals surface area contributed by atoms with Gasteiger partial charge >= 0.3 is 0 Å². The topological polar surface area (TPSA) is 144 Å². The highest BCUT2D eigenvalue weighted by molar-refractivity contribution is 6.05. The van der Waals surface area contributed by atoms with Crippen molar-refractivity contribution in [2.45, 2.75) is 33.1 Å². The normalized spacial score (nSPS) is 13.4. The molecule has 2 aromatic heterocycles. The van der Waals surface area contributed by atoms with Gasteiger partial charge in [0.2, 0.25) is 0 Å². The number of ether oxygens (including phenoxy) is 1. The van der Waals surface area contributed by atoms with Crippen molar-refractivity contribution in [3.8, 4) is 11.3 Å². The Bertz CT molecular complexity index is 1770. The van der Waals surface area contributed by atoms with Crippen LogP contribution in [-0.2, 0) is 17.2 Å². The van der Waals surface area contributed by atoms with Crippen LogP contribution in [0.3, 0.4) is 0 Å². The zero-order valence-corrected chi connectivity index (χ0v) is 25.6. The van der Waals surface area contributed by atoms with Gasteiger partial charge in [-0.25, -0.2) is 4.98 Å². The van der Waals surface area contributed by atoms with E-state index in [1.807, 2.05) is 31.2 Å². The molecule has 0 saturated carbocycles. The van der Waals surface area contributed by atoms with Gasteiger partial charge in [-0.2, -0.15) is 0 Å². The molecule has 44 heavy (non-hydrogen) atoms. The Kier molecular flexibility index (Phi) is 8.50. The predicted molar refractivity (Wildman–Crippen MR) is 171 cm³/mol. The van der Waals surface area contributed by atoms with E-state index in [2.05, 4.69) is 41.4 Å². The summed E-state index contributed by atoms with van der Waals surface area (Å²) in [5.41, 5.74) is 11.0. The number of anilines is 4. The number of amides is 2. The highest BCUT2D eigenvalue weighted by Crippen LogP contribution is 2.29. The zero-order valence-electron chi connectivity index (χ0n) is 25.6. The van der Waals surface area contributed by atoms with Crippen LogP contribution in [0.1, 0.15) is 52.7 Å². The van der Waals surface area contributed by atoms with Gasteiger partial charge in [0.15, 0.2) is 5.82 Å². The number of nitrogens with one attached hydrogen (secondary N) is 2. The van der Waals surface area contributed by atoms with Gasteiger partial charge in [-0.3, -0.25) is 19.4 Å². The number of hydrogen-bond acceptors (Lipinski definition) is 8. The highest BCUT2D eigenvalue weighted by Gasteiger charge is 2.21. The molecule has 5 rings (SSSR count). The molecule has 1 saturated heterocycles. The molecule has 3 heterocycles. The molecule has 2 aromatic carbocycles. The standard InChI is InChI=1S/C33H37N7O4/c1-20-23(7-6-8-26(20)38-30(41)21-9-12-28(35-18-21)33(2,3)4)27-19-39(5)32(43)29(37-27)36-22-10-11-24(25(34)17-22)31(42)40-13-15-44-16-14-40/h6-12,17-19H,13-16,34H2,1-5H3,(H,36,37)(H,38,41). The van der Waals surface area contributed by atoms with E-state index in [0.717, 1.165) is 16.8 Å². The van der Waals surface area contributed by atoms with Crippen LogP contribution in [0.5, 0.6) is 0 Å².